The third-order valence-electron chi connectivity index (χ3n) is 5.91. The van der Waals surface area contributed by atoms with Crippen LogP contribution < -0.4 is 5.32 Å². The smallest absolute Gasteiger partial charge is 0.242 e. The van der Waals surface area contributed by atoms with Gasteiger partial charge >= 0.3 is 0 Å². The molecule has 1 aliphatic rings. The van der Waals surface area contributed by atoms with E-state index >= 15 is 0 Å². The van der Waals surface area contributed by atoms with Gasteiger partial charge in [-0.25, -0.2) is 0 Å². The fraction of sp³-hybridized carbons (Fsp3) is 0.462. The molecular weight excluding hydrogens is 404 g/mol. The van der Waals surface area contributed by atoms with Crippen molar-refractivity contribution < 1.29 is 9.59 Å². The number of hydrogen-bond donors (Lipinski definition) is 1. The first kappa shape index (κ1) is 23.4. The molecule has 1 atom stereocenters. The lowest BCUT2D eigenvalue weighted by molar-refractivity contribution is -0.140. The van der Waals surface area contributed by atoms with Gasteiger partial charge in [0.1, 0.15) is 6.04 Å². The van der Waals surface area contributed by atoms with Gasteiger partial charge in [-0.2, -0.15) is 0 Å². The lowest BCUT2D eigenvalue weighted by Crippen LogP contribution is -2.49. The molecule has 2 aromatic rings. The number of amides is 2. The van der Waals surface area contributed by atoms with Crippen LogP contribution >= 0.6 is 11.8 Å². The van der Waals surface area contributed by atoms with E-state index < -0.39 is 6.04 Å². The van der Waals surface area contributed by atoms with E-state index in [2.05, 4.69) is 42.6 Å². The van der Waals surface area contributed by atoms with E-state index in [0.717, 1.165) is 28.9 Å². The summed E-state index contributed by atoms with van der Waals surface area (Å²) in [5, 5.41) is 3.16. The summed E-state index contributed by atoms with van der Waals surface area (Å²) in [6, 6.07) is 16.3. The summed E-state index contributed by atoms with van der Waals surface area (Å²) >= 11 is 1.68. The fourth-order valence-corrected chi connectivity index (χ4v) is 4.86. The summed E-state index contributed by atoms with van der Waals surface area (Å²) in [5.41, 5.74) is 3.44. The molecule has 0 saturated heterocycles. The van der Waals surface area contributed by atoms with E-state index in [1.807, 2.05) is 32.0 Å². The molecule has 0 bridgehead atoms. The molecule has 5 heteroatoms. The van der Waals surface area contributed by atoms with Crippen molar-refractivity contribution in [3.63, 3.8) is 0 Å². The van der Waals surface area contributed by atoms with Gasteiger partial charge < -0.3 is 10.2 Å². The molecule has 166 valence electrons. The van der Waals surface area contributed by atoms with Crippen LogP contribution in [0.3, 0.4) is 0 Å². The van der Waals surface area contributed by atoms with Gasteiger partial charge in [-0.05, 0) is 51.3 Å². The Labute approximate surface area is 190 Å². The molecule has 1 fully saturated rings. The van der Waals surface area contributed by atoms with Gasteiger partial charge in [0, 0.05) is 29.7 Å². The number of thioether (sulfide) groups is 1. The molecule has 1 unspecified atom stereocenters. The zero-order chi connectivity index (χ0) is 22.2. The Morgan fingerprint density at radius 1 is 1.06 bits per heavy atom. The van der Waals surface area contributed by atoms with Gasteiger partial charge in [-0.3, -0.25) is 9.59 Å². The average molecular weight is 439 g/mol. The standard InChI is InChI=1S/C26H34N2O2S/c1-19-11-13-24(14-12-19)31-16-15-25(29)28(18-22-8-6-7-20(2)17-22)21(3)26(30)27-23-9-4-5-10-23/h6-8,11-14,17,21,23H,4-5,9-10,15-16,18H2,1-3H3,(H,27,30). The molecule has 1 aliphatic carbocycles. The maximum atomic E-state index is 13.2. The first-order chi connectivity index (χ1) is 14.9. The molecule has 1 saturated carbocycles. The molecule has 0 spiro atoms. The van der Waals surface area contributed by atoms with Crippen LogP contribution in [0, 0.1) is 13.8 Å². The molecule has 0 radical (unpaired) electrons. The van der Waals surface area contributed by atoms with E-state index in [1.165, 1.54) is 18.4 Å². The van der Waals surface area contributed by atoms with Gasteiger partial charge in [0.05, 0.1) is 0 Å². The largest absolute Gasteiger partial charge is 0.352 e. The minimum atomic E-state index is -0.488. The van der Waals surface area contributed by atoms with Crippen molar-refractivity contribution in [3.8, 4) is 0 Å². The van der Waals surface area contributed by atoms with Crippen LogP contribution in [0.4, 0.5) is 0 Å². The summed E-state index contributed by atoms with van der Waals surface area (Å²) in [4.78, 5) is 29.0. The van der Waals surface area contributed by atoms with E-state index in [9.17, 15) is 9.59 Å². The van der Waals surface area contributed by atoms with Gasteiger partial charge in [-0.15, -0.1) is 11.8 Å². The van der Waals surface area contributed by atoms with Crippen molar-refractivity contribution in [2.75, 3.05) is 5.75 Å². The van der Waals surface area contributed by atoms with Crippen molar-refractivity contribution in [2.24, 2.45) is 0 Å². The Balaban J connectivity index is 1.65. The van der Waals surface area contributed by atoms with Crippen LogP contribution in [0.2, 0.25) is 0 Å². The predicted octanol–water partition coefficient (Wildman–Crippen LogP) is 5.26. The molecule has 31 heavy (non-hydrogen) atoms. The summed E-state index contributed by atoms with van der Waals surface area (Å²) in [5.74, 6) is 0.678. The van der Waals surface area contributed by atoms with Crippen LogP contribution in [0.5, 0.6) is 0 Å². The highest BCUT2D eigenvalue weighted by molar-refractivity contribution is 7.99. The van der Waals surface area contributed by atoms with E-state index in [0.29, 0.717) is 18.7 Å². The summed E-state index contributed by atoms with van der Waals surface area (Å²) in [6.45, 7) is 6.42. The predicted molar refractivity (Wildman–Crippen MR) is 128 cm³/mol. The molecule has 0 aromatic heterocycles. The van der Waals surface area contributed by atoms with Gasteiger partial charge in [0.2, 0.25) is 11.8 Å². The van der Waals surface area contributed by atoms with Crippen LogP contribution in [0.15, 0.2) is 53.4 Å². The Bertz CT molecular complexity index is 875. The first-order valence-electron chi connectivity index (χ1n) is 11.3. The highest BCUT2D eigenvalue weighted by atomic mass is 32.2. The van der Waals surface area contributed by atoms with Crippen molar-refractivity contribution in [3.05, 3.63) is 65.2 Å². The molecule has 2 aromatic carbocycles. The Morgan fingerprint density at radius 2 is 1.77 bits per heavy atom. The Morgan fingerprint density at radius 3 is 2.45 bits per heavy atom. The monoisotopic (exact) mass is 438 g/mol. The number of nitrogens with zero attached hydrogens (tertiary/aromatic N) is 1. The minimum Gasteiger partial charge on any atom is -0.352 e. The number of carbonyl (C=O) groups is 2. The number of nitrogens with one attached hydrogen (secondary N) is 1. The highest BCUT2D eigenvalue weighted by Crippen LogP contribution is 2.21. The normalized spacial score (nSPS) is 14.9. The van der Waals surface area contributed by atoms with Crippen molar-refractivity contribution in [1.29, 1.82) is 0 Å². The topological polar surface area (TPSA) is 49.4 Å². The maximum Gasteiger partial charge on any atom is 0.242 e. The van der Waals surface area contributed by atoms with Crippen LogP contribution in [-0.4, -0.2) is 34.6 Å². The summed E-state index contributed by atoms with van der Waals surface area (Å²) < 4.78 is 0. The third-order valence-corrected chi connectivity index (χ3v) is 6.92. The van der Waals surface area contributed by atoms with Crippen LogP contribution in [-0.2, 0) is 16.1 Å². The lowest BCUT2D eigenvalue weighted by atomic mass is 10.1. The number of hydrogen-bond acceptors (Lipinski definition) is 3. The fourth-order valence-electron chi connectivity index (χ4n) is 4.02. The Hall–Kier alpha value is -2.27. The van der Waals surface area contributed by atoms with E-state index in [4.69, 9.17) is 0 Å². The lowest BCUT2D eigenvalue weighted by Gasteiger charge is -2.30. The first-order valence-corrected chi connectivity index (χ1v) is 12.3. The van der Waals surface area contributed by atoms with Gasteiger partial charge in [0.15, 0.2) is 0 Å². The van der Waals surface area contributed by atoms with E-state index in [-0.39, 0.29) is 17.9 Å². The van der Waals surface area contributed by atoms with Crippen molar-refractivity contribution in [2.45, 2.75) is 76.4 Å². The van der Waals surface area contributed by atoms with Crippen molar-refractivity contribution in [1.82, 2.24) is 10.2 Å². The molecule has 0 aliphatic heterocycles. The number of aryl methyl sites for hydroxylation is 2. The molecule has 2 amide bonds. The second-order valence-electron chi connectivity index (χ2n) is 8.59. The van der Waals surface area contributed by atoms with Gasteiger partial charge in [-0.1, -0.05) is 60.4 Å². The maximum absolute atomic E-state index is 13.2. The quantitative estimate of drug-likeness (QED) is 0.543. The summed E-state index contributed by atoms with van der Waals surface area (Å²) in [6.07, 6.45) is 4.82. The highest BCUT2D eigenvalue weighted by Gasteiger charge is 2.28. The van der Waals surface area contributed by atoms with Crippen LogP contribution in [0.25, 0.3) is 0 Å². The molecule has 1 N–H and O–H groups in total. The SMILES string of the molecule is Cc1ccc(SCCC(=O)N(Cc2cccc(C)c2)C(C)C(=O)NC2CCCC2)cc1. The minimum absolute atomic E-state index is 0.0233. The summed E-state index contributed by atoms with van der Waals surface area (Å²) in [7, 11) is 0. The molecular formula is C26H34N2O2S. The number of rotatable bonds is 9. The van der Waals surface area contributed by atoms with Crippen molar-refractivity contribution >= 4 is 23.6 Å². The third kappa shape index (κ3) is 7.13. The molecule has 3 rings (SSSR count). The zero-order valence-corrected chi connectivity index (χ0v) is 19.7. The van der Waals surface area contributed by atoms with E-state index in [1.54, 1.807) is 16.7 Å². The zero-order valence-electron chi connectivity index (χ0n) is 18.9. The Kier molecular flexibility index (Phi) is 8.59. The number of carbonyl (C=O) groups excluding carboxylic acids is 2. The average Bonchev–Trinajstić information content (AvgIpc) is 3.26. The van der Waals surface area contributed by atoms with Crippen LogP contribution in [0.1, 0.15) is 55.7 Å². The molecule has 4 nitrogen and oxygen atoms in total. The number of benzene rings is 2. The second kappa shape index (κ2) is 11.4. The second-order valence-corrected chi connectivity index (χ2v) is 9.76. The van der Waals surface area contributed by atoms with Gasteiger partial charge in [0.25, 0.3) is 0 Å². The molecule has 0 heterocycles.